The fourth-order valence-corrected chi connectivity index (χ4v) is 2.48. The van der Waals surface area contributed by atoms with Crippen molar-refractivity contribution in [3.63, 3.8) is 0 Å². The van der Waals surface area contributed by atoms with Crippen molar-refractivity contribution in [3.05, 3.63) is 83.6 Å². The summed E-state index contributed by atoms with van der Waals surface area (Å²) in [4.78, 5) is 16.0. The molecule has 0 saturated carbocycles. The lowest BCUT2D eigenvalue weighted by atomic mass is 10.2. The Morgan fingerprint density at radius 2 is 1.75 bits per heavy atom. The van der Waals surface area contributed by atoms with Gasteiger partial charge in [-0.25, -0.2) is 4.98 Å². The van der Waals surface area contributed by atoms with Gasteiger partial charge in [-0.05, 0) is 48.0 Å². The van der Waals surface area contributed by atoms with Gasteiger partial charge < -0.3 is 15.8 Å². The van der Waals surface area contributed by atoms with Gasteiger partial charge in [-0.3, -0.25) is 4.79 Å². The topological polar surface area (TPSA) is 77.2 Å². The fraction of sp³-hybridized carbons (Fsp3) is 0.100. The third-order valence-electron chi connectivity index (χ3n) is 3.83. The molecule has 3 rings (SSSR count). The molecule has 28 heavy (non-hydrogen) atoms. The lowest BCUT2D eigenvalue weighted by Crippen LogP contribution is -2.24. The number of benzene rings is 2. The Balaban J connectivity index is 1.68. The van der Waals surface area contributed by atoms with Gasteiger partial charge in [0.2, 0.25) is 0 Å². The van der Waals surface area contributed by atoms with Crippen molar-refractivity contribution in [1.29, 1.82) is 0 Å². The number of nitrogens with zero attached hydrogens (tertiary/aromatic N) is 1. The quantitative estimate of drug-likeness (QED) is 0.680. The smallest absolute Gasteiger partial charge is 0.416 e. The molecule has 0 fully saturated rings. The molecule has 8 heteroatoms. The van der Waals surface area contributed by atoms with Gasteiger partial charge in [0.15, 0.2) is 0 Å². The molecule has 0 bridgehead atoms. The van der Waals surface area contributed by atoms with Gasteiger partial charge in [0.1, 0.15) is 17.3 Å². The molecule has 1 amide bonds. The highest BCUT2D eigenvalue weighted by atomic mass is 19.4. The summed E-state index contributed by atoms with van der Waals surface area (Å²) in [6.07, 6.45) is -2.96. The molecule has 0 atom stereocenters. The third-order valence-corrected chi connectivity index (χ3v) is 3.83. The number of amides is 1. The van der Waals surface area contributed by atoms with Crippen LogP contribution in [0.4, 0.5) is 19.0 Å². The summed E-state index contributed by atoms with van der Waals surface area (Å²) in [6, 6.07) is 14.5. The Labute approximate surface area is 159 Å². The third kappa shape index (κ3) is 4.79. The molecule has 0 radical (unpaired) electrons. The van der Waals surface area contributed by atoms with E-state index in [1.54, 1.807) is 36.4 Å². The molecule has 5 nitrogen and oxygen atoms in total. The summed E-state index contributed by atoms with van der Waals surface area (Å²) in [6.45, 7) is 0.187. The molecular weight excluding hydrogens is 371 g/mol. The van der Waals surface area contributed by atoms with Gasteiger partial charge in [-0.2, -0.15) is 13.2 Å². The van der Waals surface area contributed by atoms with Gasteiger partial charge >= 0.3 is 6.18 Å². The average molecular weight is 387 g/mol. The van der Waals surface area contributed by atoms with Crippen LogP contribution in [0.5, 0.6) is 11.5 Å². The van der Waals surface area contributed by atoms with Crippen molar-refractivity contribution in [2.24, 2.45) is 0 Å². The highest BCUT2D eigenvalue weighted by molar-refractivity contribution is 5.98. The summed E-state index contributed by atoms with van der Waals surface area (Å²) in [7, 11) is 0. The number of hydrogen-bond donors (Lipinski definition) is 2. The van der Waals surface area contributed by atoms with E-state index in [1.807, 2.05) is 0 Å². The van der Waals surface area contributed by atoms with Crippen LogP contribution in [0, 0.1) is 0 Å². The van der Waals surface area contributed by atoms with Crippen LogP contribution >= 0.6 is 0 Å². The zero-order valence-electron chi connectivity index (χ0n) is 14.5. The van der Waals surface area contributed by atoms with Crippen molar-refractivity contribution >= 4 is 11.7 Å². The van der Waals surface area contributed by atoms with Gasteiger partial charge in [0, 0.05) is 12.7 Å². The number of nitrogen functional groups attached to an aromatic ring is 1. The number of anilines is 1. The number of pyridine rings is 1. The van der Waals surface area contributed by atoms with Crippen molar-refractivity contribution in [2.45, 2.75) is 12.7 Å². The summed E-state index contributed by atoms with van der Waals surface area (Å²) in [5.41, 5.74) is 5.85. The summed E-state index contributed by atoms with van der Waals surface area (Å²) < 4.78 is 43.9. The lowest BCUT2D eigenvalue weighted by Gasteiger charge is -2.11. The second kappa shape index (κ2) is 7.99. The number of alkyl halides is 3. The number of nitrogens with two attached hydrogens (primary N) is 1. The van der Waals surface area contributed by atoms with Crippen LogP contribution in [0.2, 0.25) is 0 Å². The van der Waals surface area contributed by atoms with E-state index in [1.165, 1.54) is 18.3 Å². The Bertz CT molecular complexity index is 990. The molecule has 0 aliphatic rings. The lowest BCUT2D eigenvalue weighted by molar-refractivity contribution is -0.137. The first kappa shape index (κ1) is 19.2. The minimum atomic E-state index is -4.44. The van der Waals surface area contributed by atoms with Gasteiger partial charge in [0.25, 0.3) is 5.91 Å². The number of rotatable bonds is 5. The Morgan fingerprint density at radius 1 is 1.04 bits per heavy atom. The summed E-state index contributed by atoms with van der Waals surface area (Å²) in [5.74, 6) is 0.169. The average Bonchev–Trinajstić information content (AvgIpc) is 2.66. The maximum absolute atomic E-state index is 12.8. The number of carbonyl (C=O) groups is 1. The van der Waals surface area contributed by atoms with Crippen molar-refractivity contribution in [3.8, 4) is 11.5 Å². The first-order chi connectivity index (χ1) is 13.3. The highest BCUT2D eigenvalue weighted by Crippen LogP contribution is 2.32. The zero-order valence-corrected chi connectivity index (χ0v) is 14.5. The molecule has 1 aromatic heterocycles. The fourth-order valence-electron chi connectivity index (χ4n) is 2.48. The molecule has 144 valence electrons. The Hall–Kier alpha value is -3.55. The molecule has 1 heterocycles. The Morgan fingerprint density at radius 3 is 2.46 bits per heavy atom. The SMILES string of the molecule is Nc1ncccc1C(=O)NCc1cccc(Oc2cccc(C(F)(F)F)c2)c1. The van der Waals surface area contributed by atoms with E-state index < -0.39 is 11.7 Å². The minimum absolute atomic E-state index is 0.0687. The maximum atomic E-state index is 12.8. The van der Waals surface area contributed by atoms with E-state index in [0.717, 1.165) is 12.1 Å². The first-order valence-corrected chi connectivity index (χ1v) is 8.25. The van der Waals surface area contributed by atoms with Crippen molar-refractivity contribution < 1.29 is 22.7 Å². The zero-order chi connectivity index (χ0) is 20.1. The predicted octanol–water partition coefficient (Wildman–Crippen LogP) is 4.40. The molecule has 3 aromatic rings. The normalized spacial score (nSPS) is 11.1. The van der Waals surface area contributed by atoms with E-state index in [4.69, 9.17) is 10.5 Å². The van der Waals surface area contributed by atoms with Crippen LogP contribution in [0.1, 0.15) is 21.5 Å². The molecule has 0 aliphatic heterocycles. The number of ether oxygens (including phenoxy) is 1. The number of carbonyl (C=O) groups excluding carboxylic acids is 1. The standard InChI is InChI=1S/C20H16F3N3O2/c21-20(22,23)14-5-2-7-16(11-14)28-15-6-1-4-13(10-15)12-26-19(27)17-8-3-9-25-18(17)24/h1-11H,12H2,(H2,24,25)(H,26,27). The molecule has 0 unspecified atom stereocenters. The van der Waals surface area contributed by atoms with Gasteiger partial charge in [-0.1, -0.05) is 18.2 Å². The first-order valence-electron chi connectivity index (χ1n) is 8.25. The Kier molecular flexibility index (Phi) is 5.49. The van der Waals surface area contributed by atoms with Gasteiger partial charge in [-0.15, -0.1) is 0 Å². The van der Waals surface area contributed by atoms with Gasteiger partial charge in [0.05, 0.1) is 11.1 Å². The molecular formula is C20H16F3N3O2. The van der Waals surface area contributed by atoms with Crippen molar-refractivity contribution in [2.75, 3.05) is 5.73 Å². The summed E-state index contributed by atoms with van der Waals surface area (Å²) >= 11 is 0. The van der Waals surface area contributed by atoms with Crippen LogP contribution < -0.4 is 15.8 Å². The van der Waals surface area contributed by atoms with Crippen LogP contribution in [0.3, 0.4) is 0 Å². The minimum Gasteiger partial charge on any atom is -0.457 e. The van der Waals surface area contributed by atoms with Crippen LogP contribution in [-0.2, 0) is 12.7 Å². The largest absolute Gasteiger partial charge is 0.457 e. The second-order valence-corrected chi connectivity index (χ2v) is 5.89. The number of hydrogen-bond acceptors (Lipinski definition) is 4. The number of halogens is 3. The molecule has 0 saturated heterocycles. The van der Waals surface area contributed by atoms with E-state index in [9.17, 15) is 18.0 Å². The van der Waals surface area contributed by atoms with Crippen LogP contribution in [0.25, 0.3) is 0 Å². The molecule has 0 aliphatic carbocycles. The molecule has 2 aromatic carbocycles. The number of aromatic nitrogens is 1. The van der Waals surface area contributed by atoms with E-state index in [0.29, 0.717) is 11.3 Å². The van der Waals surface area contributed by atoms with Crippen LogP contribution in [-0.4, -0.2) is 10.9 Å². The van der Waals surface area contributed by atoms with E-state index in [2.05, 4.69) is 10.3 Å². The predicted molar refractivity (Wildman–Crippen MR) is 97.8 cm³/mol. The number of nitrogens with one attached hydrogen (secondary N) is 1. The van der Waals surface area contributed by atoms with Crippen LogP contribution in [0.15, 0.2) is 66.9 Å². The monoisotopic (exact) mass is 387 g/mol. The highest BCUT2D eigenvalue weighted by Gasteiger charge is 2.30. The van der Waals surface area contributed by atoms with E-state index >= 15 is 0 Å². The van der Waals surface area contributed by atoms with E-state index in [-0.39, 0.29) is 29.6 Å². The molecule has 3 N–H and O–H groups in total. The summed E-state index contributed by atoms with van der Waals surface area (Å²) in [5, 5.41) is 2.71. The second-order valence-electron chi connectivity index (χ2n) is 5.89. The van der Waals surface area contributed by atoms with Crippen molar-refractivity contribution in [1.82, 2.24) is 10.3 Å². The maximum Gasteiger partial charge on any atom is 0.416 e. The molecule has 0 spiro atoms.